The molecule has 1 heterocycles. The number of fused-ring (bicyclic) bond motifs is 1. The lowest BCUT2D eigenvalue weighted by molar-refractivity contribution is -0.112. The van der Waals surface area contributed by atoms with E-state index in [4.69, 9.17) is 4.74 Å². The standard InChI is InChI=1S/C13H20O2/c1-10(14)5-6-13-8-7-11(2,3)9-12(13,4)15-13/h5-6H,7-9H2,1-4H3/b6-5+. The van der Waals surface area contributed by atoms with Gasteiger partial charge >= 0.3 is 0 Å². The topological polar surface area (TPSA) is 29.6 Å². The van der Waals surface area contributed by atoms with Crippen molar-refractivity contribution >= 4 is 5.78 Å². The van der Waals surface area contributed by atoms with Gasteiger partial charge in [0.2, 0.25) is 0 Å². The minimum atomic E-state index is -0.131. The van der Waals surface area contributed by atoms with Crippen LogP contribution in [-0.2, 0) is 9.53 Å². The first-order valence-corrected chi connectivity index (χ1v) is 5.69. The van der Waals surface area contributed by atoms with Gasteiger partial charge in [0.05, 0.1) is 5.60 Å². The van der Waals surface area contributed by atoms with Crippen LogP contribution in [0.3, 0.4) is 0 Å². The second-order valence-electron chi connectivity index (χ2n) is 6.01. The molecule has 2 atom stereocenters. The van der Waals surface area contributed by atoms with Crippen molar-refractivity contribution in [1.29, 1.82) is 0 Å². The van der Waals surface area contributed by atoms with Crippen LogP contribution in [0.2, 0.25) is 0 Å². The summed E-state index contributed by atoms with van der Waals surface area (Å²) in [6, 6.07) is 0. The van der Waals surface area contributed by atoms with Gasteiger partial charge in [0.15, 0.2) is 5.78 Å². The molecule has 0 aromatic rings. The molecular weight excluding hydrogens is 188 g/mol. The van der Waals surface area contributed by atoms with Crippen LogP contribution in [0.25, 0.3) is 0 Å². The lowest BCUT2D eigenvalue weighted by Gasteiger charge is -2.33. The average molecular weight is 208 g/mol. The Bertz CT molecular complexity index is 329. The highest BCUT2D eigenvalue weighted by atomic mass is 16.6. The molecule has 1 saturated heterocycles. The fourth-order valence-corrected chi connectivity index (χ4v) is 2.95. The first-order chi connectivity index (χ1) is 6.79. The van der Waals surface area contributed by atoms with Crippen LogP contribution in [0.15, 0.2) is 12.2 Å². The monoisotopic (exact) mass is 208 g/mol. The average Bonchev–Trinajstić information content (AvgIpc) is 2.65. The minimum Gasteiger partial charge on any atom is -0.358 e. The molecule has 2 heteroatoms. The Labute approximate surface area is 91.7 Å². The molecule has 0 spiro atoms. The number of rotatable bonds is 2. The normalized spacial score (nSPS) is 42.7. The number of allylic oxidation sites excluding steroid dienone is 1. The van der Waals surface area contributed by atoms with Crippen molar-refractivity contribution in [3.05, 3.63) is 12.2 Å². The van der Waals surface area contributed by atoms with Gasteiger partial charge in [-0.05, 0) is 50.7 Å². The summed E-state index contributed by atoms with van der Waals surface area (Å²) in [6.07, 6.45) is 6.93. The van der Waals surface area contributed by atoms with Gasteiger partial charge in [0, 0.05) is 0 Å². The zero-order chi connectivity index (χ0) is 11.3. The molecule has 0 bridgehead atoms. The molecule has 0 N–H and O–H groups in total. The third-order valence-electron chi connectivity index (χ3n) is 3.84. The van der Waals surface area contributed by atoms with Gasteiger partial charge in [-0.25, -0.2) is 0 Å². The van der Waals surface area contributed by atoms with Crippen molar-refractivity contribution in [2.24, 2.45) is 5.41 Å². The molecule has 2 aliphatic rings. The number of ketones is 1. The van der Waals surface area contributed by atoms with Gasteiger partial charge in [-0.15, -0.1) is 0 Å². The van der Waals surface area contributed by atoms with Gasteiger partial charge in [0.1, 0.15) is 5.60 Å². The highest BCUT2D eigenvalue weighted by Crippen LogP contribution is 2.62. The fourth-order valence-electron chi connectivity index (χ4n) is 2.95. The molecule has 2 fully saturated rings. The highest BCUT2D eigenvalue weighted by molar-refractivity contribution is 5.87. The number of hydrogen-bond acceptors (Lipinski definition) is 2. The maximum Gasteiger partial charge on any atom is 0.152 e. The van der Waals surface area contributed by atoms with Crippen molar-refractivity contribution in [2.45, 2.75) is 58.2 Å². The fraction of sp³-hybridized carbons (Fsp3) is 0.769. The number of hydrogen-bond donors (Lipinski definition) is 0. The Morgan fingerprint density at radius 3 is 2.47 bits per heavy atom. The Morgan fingerprint density at radius 1 is 1.27 bits per heavy atom. The third kappa shape index (κ3) is 1.76. The van der Waals surface area contributed by atoms with Crippen LogP contribution in [0, 0.1) is 5.41 Å². The lowest BCUT2D eigenvalue weighted by atomic mass is 9.68. The molecule has 1 aliphatic carbocycles. The molecule has 0 amide bonds. The van der Waals surface area contributed by atoms with E-state index >= 15 is 0 Å². The van der Waals surface area contributed by atoms with Crippen molar-refractivity contribution < 1.29 is 9.53 Å². The summed E-state index contributed by atoms with van der Waals surface area (Å²) in [4.78, 5) is 10.9. The first-order valence-electron chi connectivity index (χ1n) is 5.69. The Kier molecular flexibility index (Phi) is 2.13. The highest BCUT2D eigenvalue weighted by Gasteiger charge is 2.68. The lowest BCUT2D eigenvalue weighted by Crippen LogP contribution is -2.34. The van der Waals surface area contributed by atoms with Crippen LogP contribution in [0.1, 0.15) is 47.0 Å². The molecule has 1 saturated carbocycles. The quantitative estimate of drug-likeness (QED) is 0.516. The molecule has 2 unspecified atom stereocenters. The molecule has 0 radical (unpaired) electrons. The molecule has 0 aromatic heterocycles. The van der Waals surface area contributed by atoms with E-state index in [2.05, 4.69) is 20.8 Å². The van der Waals surface area contributed by atoms with Gasteiger partial charge in [-0.2, -0.15) is 0 Å². The smallest absolute Gasteiger partial charge is 0.152 e. The number of carbonyl (C=O) groups is 1. The zero-order valence-corrected chi connectivity index (χ0v) is 10.1. The Morgan fingerprint density at radius 2 is 1.93 bits per heavy atom. The summed E-state index contributed by atoms with van der Waals surface area (Å²) in [5.74, 6) is 0.104. The van der Waals surface area contributed by atoms with Gasteiger partial charge in [-0.1, -0.05) is 13.8 Å². The van der Waals surface area contributed by atoms with E-state index in [1.807, 2.05) is 6.08 Å². The van der Waals surface area contributed by atoms with Crippen molar-refractivity contribution in [2.75, 3.05) is 0 Å². The van der Waals surface area contributed by atoms with Crippen molar-refractivity contribution in [3.8, 4) is 0 Å². The molecule has 2 rings (SSSR count). The van der Waals surface area contributed by atoms with Crippen LogP contribution >= 0.6 is 0 Å². The first kappa shape index (κ1) is 10.9. The summed E-state index contributed by atoms with van der Waals surface area (Å²) in [7, 11) is 0. The summed E-state index contributed by atoms with van der Waals surface area (Å²) < 4.78 is 5.90. The van der Waals surface area contributed by atoms with Gasteiger partial charge in [0.25, 0.3) is 0 Å². The largest absolute Gasteiger partial charge is 0.358 e. The van der Waals surface area contributed by atoms with Crippen LogP contribution in [0.4, 0.5) is 0 Å². The molecule has 1 aliphatic heterocycles. The molecule has 15 heavy (non-hydrogen) atoms. The number of carbonyl (C=O) groups excluding carboxylic acids is 1. The third-order valence-corrected chi connectivity index (χ3v) is 3.84. The maximum atomic E-state index is 10.9. The van der Waals surface area contributed by atoms with Gasteiger partial charge in [-0.3, -0.25) is 4.79 Å². The van der Waals surface area contributed by atoms with E-state index in [1.54, 1.807) is 13.0 Å². The predicted molar refractivity (Wildman–Crippen MR) is 59.7 cm³/mol. The van der Waals surface area contributed by atoms with Crippen LogP contribution in [-0.4, -0.2) is 17.0 Å². The van der Waals surface area contributed by atoms with Crippen molar-refractivity contribution in [3.63, 3.8) is 0 Å². The number of ether oxygens (including phenoxy) is 1. The SMILES string of the molecule is CC(=O)/C=C/C12CCC(C)(C)CC1(C)O2. The summed E-state index contributed by atoms with van der Waals surface area (Å²) in [6.45, 7) is 8.33. The van der Waals surface area contributed by atoms with E-state index in [0.29, 0.717) is 5.41 Å². The second-order valence-corrected chi connectivity index (χ2v) is 6.01. The second kappa shape index (κ2) is 2.94. The van der Waals surface area contributed by atoms with E-state index in [0.717, 1.165) is 12.8 Å². The summed E-state index contributed by atoms with van der Waals surface area (Å²) in [5.41, 5.74) is 0.216. The van der Waals surface area contributed by atoms with E-state index in [9.17, 15) is 4.79 Å². The van der Waals surface area contributed by atoms with Gasteiger partial charge < -0.3 is 4.74 Å². The predicted octanol–water partition coefficient (Wildman–Crippen LogP) is 2.87. The van der Waals surface area contributed by atoms with E-state index < -0.39 is 0 Å². The van der Waals surface area contributed by atoms with Crippen LogP contribution in [0.5, 0.6) is 0 Å². The summed E-state index contributed by atoms with van der Waals surface area (Å²) in [5, 5.41) is 0. The number of epoxide rings is 1. The zero-order valence-electron chi connectivity index (χ0n) is 10.1. The minimum absolute atomic E-state index is 0.0271. The van der Waals surface area contributed by atoms with Crippen molar-refractivity contribution in [1.82, 2.24) is 0 Å². The molecule has 0 aromatic carbocycles. The van der Waals surface area contributed by atoms with E-state index in [1.165, 1.54) is 6.42 Å². The molecular formula is C13H20O2. The molecule has 2 nitrogen and oxygen atoms in total. The van der Waals surface area contributed by atoms with E-state index in [-0.39, 0.29) is 17.0 Å². The summed E-state index contributed by atoms with van der Waals surface area (Å²) >= 11 is 0. The Hall–Kier alpha value is -0.630. The maximum absolute atomic E-state index is 10.9. The molecule has 84 valence electrons. The van der Waals surface area contributed by atoms with Crippen LogP contribution < -0.4 is 0 Å². The Balaban J connectivity index is 2.13.